The maximum Gasteiger partial charge on any atom is 0.410 e. The van der Waals surface area contributed by atoms with Crippen LogP contribution in [0.25, 0.3) is 0 Å². The van der Waals surface area contributed by atoms with E-state index in [0.29, 0.717) is 43.9 Å². The molecule has 0 aromatic heterocycles. The van der Waals surface area contributed by atoms with Crippen LogP contribution in [0.3, 0.4) is 0 Å². The second-order valence-corrected chi connectivity index (χ2v) is 7.40. The molecule has 0 atom stereocenters. The van der Waals surface area contributed by atoms with Gasteiger partial charge in [0.05, 0.1) is 13.0 Å². The fourth-order valence-corrected chi connectivity index (χ4v) is 3.70. The highest BCUT2D eigenvalue weighted by Gasteiger charge is 2.28. The average molecular weight is 411 g/mol. The zero-order chi connectivity index (χ0) is 21.1. The molecule has 7 nitrogen and oxygen atoms in total. The number of carbonyl (C=O) groups excluding carboxylic acids is 3. The Kier molecular flexibility index (Phi) is 5.65. The van der Waals surface area contributed by atoms with Crippen molar-refractivity contribution in [2.75, 3.05) is 31.6 Å². The van der Waals surface area contributed by atoms with Crippen LogP contribution < -0.4 is 5.32 Å². The van der Waals surface area contributed by atoms with Gasteiger partial charge in [-0.05, 0) is 41.3 Å². The molecule has 0 aliphatic carbocycles. The van der Waals surface area contributed by atoms with Crippen molar-refractivity contribution >= 4 is 23.6 Å². The molecule has 2 aliphatic heterocycles. The van der Waals surface area contributed by atoms with E-state index in [-0.39, 0.29) is 24.8 Å². The van der Waals surface area contributed by atoms with Crippen LogP contribution >= 0.6 is 0 Å². The van der Waals surface area contributed by atoms with E-state index in [1.165, 1.54) is 11.0 Å². The van der Waals surface area contributed by atoms with Gasteiger partial charge in [-0.15, -0.1) is 0 Å². The fourth-order valence-electron chi connectivity index (χ4n) is 3.70. The maximum atomic E-state index is 13.8. The molecule has 156 valence electrons. The Morgan fingerprint density at radius 1 is 1.10 bits per heavy atom. The van der Waals surface area contributed by atoms with Crippen LogP contribution in [0.4, 0.5) is 14.9 Å². The molecule has 8 heteroatoms. The van der Waals surface area contributed by atoms with Gasteiger partial charge in [0.25, 0.3) is 0 Å². The van der Waals surface area contributed by atoms with Crippen molar-refractivity contribution < 1.29 is 23.5 Å². The second kappa shape index (κ2) is 8.52. The van der Waals surface area contributed by atoms with Gasteiger partial charge in [0.15, 0.2) is 0 Å². The molecule has 1 saturated heterocycles. The lowest BCUT2D eigenvalue weighted by atomic mass is 9.99. The first-order valence-electron chi connectivity index (χ1n) is 9.84. The molecule has 0 radical (unpaired) electrons. The standard InChI is InChI=1S/C22H22FN3O4/c23-19-4-2-1-3-16(19)12-20(27)24-18-6-5-15-7-8-25(13-17(15)11-18)21(28)14-26-9-10-30-22(26)29/h1-6,11H,7-10,12-14H2,(H,24,27). The van der Waals surface area contributed by atoms with Gasteiger partial charge >= 0.3 is 6.09 Å². The number of nitrogens with zero attached hydrogens (tertiary/aromatic N) is 2. The molecule has 0 saturated carbocycles. The van der Waals surface area contributed by atoms with Crippen LogP contribution in [-0.2, 0) is 33.7 Å². The number of halogens is 1. The third-order valence-corrected chi connectivity index (χ3v) is 5.33. The van der Waals surface area contributed by atoms with Crippen molar-refractivity contribution in [2.24, 2.45) is 0 Å². The molecule has 2 aliphatic rings. The number of rotatable bonds is 5. The van der Waals surface area contributed by atoms with Gasteiger partial charge in [0.1, 0.15) is 19.0 Å². The summed E-state index contributed by atoms with van der Waals surface area (Å²) in [4.78, 5) is 39.6. The van der Waals surface area contributed by atoms with Gasteiger partial charge in [0, 0.05) is 18.8 Å². The summed E-state index contributed by atoms with van der Waals surface area (Å²) >= 11 is 0. The van der Waals surface area contributed by atoms with Crippen LogP contribution in [0.15, 0.2) is 42.5 Å². The largest absolute Gasteiger partial charge is 0.448 e. The normalized spacial score (nSPS) is 15.6. The Morgan fingerprint density at radius 3 is 2.70 bits per heavy atom. The minimum absolute atomic E-state index is 0.00718. The van der Waals surface area contributed by atoms with Crippen LogP contribution in [0.1, 0.15) is 16.7 Å². The summed E-state index contributed by atoms with van der Waals surface area (Å²) in [6.45, 7) is 1.73. The number of hydrogen-bond acceptors (Lipinski definition) is 4. The summed E-state index contributed by atoms with van der Waals surface area (Å²) in [5, 5.41) is 2.80. The minimum Gasteiger partial charge on any atom is -0.448 e. The van der Waals surface area contributed by atoms with Crippen molar-refractivity contribution in [3.8, 4) is 0 Å². The van der Waals surface area contributed by atoms with Crippen molar-refractivity contribution in [2.45, 2.75) is 19.4 Å². The predicted molar refractivity (Wildman–Crippen MR) is 107 cm³/mol. The lowest BCUT2D eigenvalue weighted by Crippen LogP contribution is -2.43. The summed E-state index contributed by atoms with van der Waals surface area (Å²) in [6, 6.07) is 11.8. The fraction of sp³-hybridized carbons (Fsp3) is 0.318. The molecule has 4 rings (SSSR count). The van der Waals surface area contributed by atoms with Crippen LogP contribution in [-0.4, -0.2) is 53.9 Å². The number of carbonyl (C=O) groups is 3. The van der Waals surface area contributed by atoms with E-state index in [2.05, 4.69) is 5.32 Å². The first-order valence-corrected chi connectivity index (χ1v) is 9.84. The molecule has 0 unspecified atom stereocenters. The number of cyclic esters (lactones) is 1. The lowest BCUT2D eigenvalue weighted by molar-refractivity contribution is -0.132. The van der Waals surface area contributed by atoms with Gasteiger partial charge in [-0.2, -0.15) is 0 Å². The molecular weight excluding hydrogens is 389 g/mol. The summed E-state index contributed by atoms with van der Waals surface area (Å²) in [6.07, 6.45) is 0.190. The molecule has 30 heavy (non-hydrogen) atoms. The zero-order valence-corrected chi connectivity index (χ0v) is 16.4. The number of hydrogen-bond donors (Lipinski definition) is 1. The van der Waals surface area contributed by atoms with E-state index in [1.54, 1.807) is 23.1 Å². The summed E-state index contributed by atoms with van der Waals surface area (Å²) < 4.78 is 18.6. The Hall–Kier alpha value is -3.42. The number of anilines is 1. The molecule has 0 spiro atoms. The molecule has 2 heterocycles. The second-order valence-electron chi connectivity index (χ2n) is 7.40. The van der Waals surface area contributed by atoms with Gasteiger partial charge in [0.2, 0.25) is 11.8 Å². The van der Waals surface area contributed by atoms with E-state index in [9.17, 15) is 18.8 Å². The SMILES string of the molecule is O=C(Cc1ccccc1F)Nc1ccc2c(c1)CN(C(=O)CN1CCOC1=O)CC2. The van der Waals surface area contributed by atoms with E-state index >= 15 is 0 Å². The van der Waals surface area contributed by atoms with E-state index in [0.717, 1.165) is 11.1 Å². The van der Waals surface area contributed by atoms with Crippen LogP contribution in [0.5, 0.6) is 0 Å². The van der Waals surface area contributed by atoms with Crippen LogP contribution in [0, 0.1) is 5.82 Å². The monoisotopic (exact) mass is 411 g/mol. The summed E-state index contributed by atoms with van der Waals surface area (Å²) in [5.41, 5.74) is 3.01. The first kappa shape index (κ1) is 19.9. The smallest absolute Gasteiger partial charge is 0.410 e. The Labute approximate surface area is 173 Å². The first-order chi connectivity index (χ1) is 14.5. The predicted octanol–water partition coefficient (Wildman–Crippen LogP) is 2.34. The Bertz CT molecular complexity index is 994. The number of amides is 3. The molecular formula is C22H22FN3O4. The third kappa shape index (κ3) is 4.42. The average Bonchev–Trinajstić information content (AvgIpc) is 3.13. The van der Waals surface area contributed by atoms with Gasteiger partial charge in [-0.3, -0.25) is 14.5 Å². The van der Waals surface area contributed by atoms with Crippen molar-refractivity contribution in [1.29, 1.82) is 0 Å². The van der Waals surface area contributed by atoms with E-state index in [1.807, 2.05) is 18.2 Å². The number of fused-ring (bicyclic) bond motifs is 1. The van der Waals surface area contributed by atoms with E-state index in [4.69, 9.17) is 4.74 Å². The van der Waals surface area contributed by atoms with Gasteiger partial charge in [-0.1, -0.05) is 24.3 Å². The Morgan fingerprint density at radius 2 is 1.93 bits per heavy atom. The highest BCUT2D eigenvalue weighted by molar-refractivity contribution is 5.92. The van der Waals surface area contributed by atoms with Gasteiger partial charge in [-0.25, -0.2) is 9.18 Å². The highest BCUT2D eigenvalue weighted by atomic mass is 19.1. The third-order valence-electron chi connectivity index (χ3n) is 5.33. The molecule has 1 N–H and O–H groups in total. The minimum atomic E-state index is -0.458. The molecule has 0 bridgehead atoms. The number of nitrogens with one attached hydrogen (secondary N) is 1. The van der Waals surface area contributed by atoms with E-state index < -0.39 is 11.9 Å². The van der Waals surface area contributed by atoms with Crippen molar-refractivity contribution in [1.82, 2.24) is 9.80 Å². The number of benzene rings is 2. The molecule has 1 fully saturated rings. The highest BCUT2D eigenvalue weighted by Crippen LogP contribution is 2.23. The molecule has 2 aromatic rings. The number of ether oxygens (including phenoxy) is 1. The summed E-state index contributed by atoms with van der Waals surface area (Å²) in [5.74, 6) is -0.848. The topological polar surface area (TPSA) is 79.0 Å². The quantitative estimate of drug-likeness (QED) is 0.819. The zero-order valence-electron chi connectivity index (χ0n) is 16.4. The van der Waals surface area contributed by atoms with Crippen LogP contribution in [0.2, 0.25) is 0 Å². The van der Waals surface area contributed by atoms with Crippen molar-refractivity contribution in [3.05, 3.63) is 65.0 Å². The molecule has 2 aromatic carbocycles. The molecule has 3 amide bonds. The maximum absolute atomic E-state index is 13.8. The Balaban J connectivity index is 1.39. The summed E-state index contributed by atoms with van der Waals surface area (Å²) in [7, 11) is 0. The van der Waals surface area contributed by atoms with Gasteiger partial charge < -0.3 is 15.0 Å². The van der Waals surface area contributed by atoms with Crippen molar-refractivity contribution in [3.63, 3.8) is 0 Å². The lowest BCUT2D eigenvalue weighted by Gasteiger charge is -2.30.